The van der Waals surface area contributed by atoms with Gasteiger partial charge >= 0.3 is 0 Å². The number of nitrogens with zero attached hydrogens (tertiary/aromatic N) is 3. The molecule has 5 nitrogen and oxygen atoms in total. The molecular weight excluding hydrogens is 371 g/mol. The first kappa shape index (κ1) is 19.7. The molecule has 144 valence electrons. The summed E-state index contributed by atoms with van der Waals surface area (Å²) in [6.45, 7) is 10.2. The second-order valence-electron chi connectivity index (χ2n) is 7.28. The van der Waals surface area contributed by atoms with E-state index in [0.717, 1.165) is 58.0 Å². The van der Waals surface area contributed by atoms with Crippen LogP contribution >= 0.6 is 23.2 Å². The van der Waals surface area contributed by atoms with E-state index in [1.54, 1.807) is 6.07 Å². The Labute approximate surface area is 166 Å². The van der Waals surface area contributed by atoms with Crippen LogP contribution in [-0.2, 0) is 4.79 Å². The van der Waals surface area contributed by atoms with Crippen molar-refractivity contribution < 1.29 is 4.79 Å². The zero-order valence-electron chi connectivity index (χ0n) is 15.5. The maximum absolute atomic E-state index is 13.0. The van der Waals surface area contributed by atoms with Crippen molar-refractivity contribution in [1.29, 1.82) is 0 Å². The van der Waals surface area contributed by atoms with Crippen molar-refractivity contribution >= 4 is 34.8 Å². The molecule has 2 fully saturated rings. The lowest BCUT2D eigenvalue weighted by atomic mass is 10.0. The second-order valence-corrected chi connectivity index (χ2v) is 8.15. The molecule has 0 spiro atoms. The van der Waals surface area contributed by atoms with Crippen LogP contribution in [0.5, 0.6) is 0 Å². The predicted octanol–water partition coefficient (Wildman–Crippen LogP) is 2.92. The summed E-state index contributed by atoms with van der Waals surface area (Å²) in [5, 5.41) is 4.66. The van der Waals surface area contributed by atoms with Gasteiger partial charge in [0.15, 0.2) is 0 Å². The molecule has 26 heavy (non-hydrogen) atoms. The lowest BCUT2D eigenvalue weighted by Crippen LogP contribution is -2.51. The van der Waals surface area contributed by atoms with Crippen LogP contribution < -0.4 is 10.2 Å². The highest BCUT2D eigenvalue weighted by Gasteiger charge is 2.30. The van der Waals surface area contributed by atoms with Gasteiger partial charge in [-0.15, -0.1) is 0 Å². The SMILES string of the molecule is CCC(CN1CNCC1C)C(=O)N1CCN(c2cc(Cl)cc(Cl)c2)CC1. The molecular formula is C19H28Cl2N4O. The van der Waals surface area contributed by atoms with Crippen molar-refractivity contribution in [2.24, 2.45) is 5.92 Å². The molecule has 1 aromatic rings. The van der Waals surface area contributed by atoms with Crippen molar-refractivity contribution in [3.8, 4) is 0 Å². The fraction of sp³-hybridized carbons (Fsp3) is 0.632. The number of amides is 1. The van der Waals surface area contributed by atoms with Crippen molar-refractivity contribution in [3.05, 3.63) is 28.2 Å². The third-order valence-electron chi connectivity index (χ3n) is 5.48. The highest BCUT2D eigenvalue weighted by atomic mass is 35.5. The van der Waals surface area contributed by atoms with E-state index in [9.17, 15) is 4.79 Å². The van der Waals surface area contributed by atoms with Gasteiger partial charge in [-0.05, 0) is 31.5 Å². The Morgan fingerprint density at radius 3 is 2.38 bits per heavy atom. The number of piperazine rings is 1. The fourth-order valence-electron chi connectivity index (χ4n) is 3.78. The molecule has 2 saturated heterocycles. The van der Waals surface area contributed by atoms with Crippen molar-refractivity contribution in [1.82, 2.24) is 15.1 Å². The lowest BCUT2D eigenvalue weighted by molar-refractivity contribution is -0.136. The van der Waals surface area contributed by atoms with Gasteiger partial charge in [-0.1, -0.05) is 30.1 Å². The molecule has 2 aliphatic rings. The third kappa shape index (κ3) is 4.63. The summed E-state index contributed by atoms with van der Waals surface area (Å²) in [4.78, 5) is 19.6. The van der Waals surface area contributed by atoms with Gasteiger partial charge < -0.3 is 15.1 Å². The number of hydrogen-bond acceptors (Lipinski definition) is 4. The third-order valence-corrected chi connectivity index (χ3v) is 5.92. The van der Waals surface area contributed by atoms with Gasteiger partial charge in [-0.3, -0.25) is 9.69 Å². The first-order valence-electron chi connectivity index (χ1n) is 9.42. The van der Waals surface area contributed by atoms with Gasteiger partial charge in [-0.25, -0.2) is 0 Å². The van der Waals surface area contributed by atoms with Crippen molar-refractivity contribution in [2.75, 3.05) is 50.8 Å². The van der Waals surface area contributed by atoms with Crippen LogP contribution in [0.1, 0.15) is 20.3 Å². The maximum atomic E-state index is 13.0. The number of anilines is 1. The van der Waals surface area contributed by atoms with E-state index in [1.165, 1.54) is 0 Å². The van der Waals surface area contributed by atoms with E-state index in [4.69, 9.17) is 23.2 Å². The largest absolute Gasteiger partial charge is 0.368 e. The monoisotopic (exact) mass is 398 g/mol. The predicted molar refractivity (Wildman–Crippen MR) is 108 cm³/mol. The van der Waals surface area contributed by atoms with Gasteiger partial charge in [0, 0.05) is 67.7 Å². The number of carbonyl (C=O) groups is 1. The maximum Gasteiger partial charge on any atom is 0.227 e. The van der Waals surface area contributed by atoms with E-state index in [-0.39, 0.29) is 11.8 Å². The molecule has 2 aliphatic heterocycles. The molecule has 2 unspecified atom stereocenters. The summed E-state index contributed by atoms with van der Waals surface area (Å²) < 4.78 is 0. The molecule has 0 aliphatic carbocycles. The minimum Gasteiger partial charge on any atom is -0.368 e. The number of hydrogen-bond donors (Lipinski definition) is 1. The molecule has 3 rings (SSSR count). The Hall–Kier alpha value is -1.01. The van der Waals surface area contributed by atoms with Crippen LogP contribution in [0.4, 0.5) is 5.69 Å². The summed E-state index contributed by atoms with van der Waals surface area (Å²) in [5.41, 5.74) is 1.03. The van der Waals surface area contributed by atoms with Crippen LogP contribution in [0.25, 0.3) is 0 Å². The minimum atomic E-state index is 0.0736. The number of nitrogens with one attached hydrogen (secondary N) is 1. The van der Waals surface area contributed by atoms with Crippen LogP contribution in [-0.4, -0.2) is 67.7 Å². The van der Waals surface area contributed by atoms with E-state index >= 15 is 0 Å². The quantitative estimate of drug-likeness (QED) is 0.827. The standard InChI is InChI=1S/C19H28Cl2N4O/c1-3-15(12-25-13-22-11-14(25)2)19(26)24-6-4-23(5-7-24)18-9-16(20)8-17(21)10-18/h8-10,14-15,22H,3-7,11-13H2,1-2H3. The molecule has 7 heteroatoms. The summed E-state index contributed by atoms with van der Waals surface area (Å²) in [6, 6.07) is 6.11. The van der Waals surface area contributed by atoms with Crippen LogP contribution in [0, 0.1) is 5.92 Å². The first-order valence-corrected chi connectivity index (χ1v) is 10.2. The summed E-state index contributed by atoms with van der Waals surface area (Å²) >= 11 is 12.2. The molecule has 2 heterocycles. The van der Waals surface area contributed by atoms with Crippen molar-refractivity contribution in [3.63, 3.8) is 0 Å². The fourth-order valence-corrected chi connectivity index (χ4v) is 4.29. The number of benzene rings is 1. The topological polar surface area (TPSA) is 38.8 Å². The van der Waals surface area contributed by atoms with Gasteiger partial charge in [-0.2, -0.15) is 0 Å². The van der Waals surface area contributed by atoms with E-state index < -0.39 is 0 Å². The van der Waals surface area contributed by atoms with E-state index in [2.05, 4.69) is 29.0 Å². The second kappa shape index (κ2) is 8.79. The highest BCUT2D eigenvalue weighted by Crippen LogP contribution is 2.26. The Kier molecular flexibility index (Phi) is 6.67. The van der Waals surface area contributed by atoms with Crippen LogP contribution in [0.3, 0.4) is 0 Å². The molecule has 1 aromatic carbocycles. The highest BCUT2D eigenvalue weighted by molar-refractivity contribution is 6.35. The molecule has 1 amide bonds. The van der Waals surface area contributed by atoms with Crippen LogP contribution in [0.2, 0.25) is 10.0 Å². The molecule has 0 radical (unpaired) electrons. The zero-order valence-corrected chi connectivity index (χ0v) is 17.1. The van der Waals surface area contributed by atoms with Gasteiger partial charge in [0.1, 0.15) is 0 Å². The molecule has 2 atom stereocenters. The van der Waals surface area contributed by atoms with E-state index in [1.807, 2.05) is 17.0 Å². The normalized spacial score (nSPS) is 22.7. The smallest absolute Gasteiger partial charge is 0.227 e. The van der Waals surface area contributed by atoms with Gasteiger partial charge in [0.25, 0.3) is 0 Å². The number of carbonyl (C=O) groups excluding carboxylic acids is 1. The molecule has 0 bridgehead atoms. The number of rotatable bonds is 5. The van der Waals surface area contributed by atoms with Crippen LogP contribution in [0.15, 0.2) is 18.2 Å². The minimum absolute atomic E-state index is 0.0736. The summed E-state index contributed by atoms with van der Waals surface area (Å²) in [7, 11) is 0. The van der Waals surface area contributed by atoms with Crippen molar-refractivity contribution in [2.45, 2.75) is 26.3 Å². The summed E-state index contributed by atoms with van der Waals surface area (Å²) in [6.07, 6.45) is 0.881. The Morgan fingerprint density at radius 1 is 1.19 bits per heavy atom. The van der Waals surface area contributed by atoms with Gasteiger partial charge in [0.2, 0.25) is 5.91 Å². The zero-order chi connectivity index (χ0) is 18.7. The lowest BCUT2D eigenvalue weighted by Gasteiger charge is -2.38. The Bertz CT molecular complexity index is 614. The van der Waals surface area contributed by atoms with Gasteiger partial charge in [0.05, 0.1) is 5.92 Å². The Balaban J connectivity index is 1.56. The average Bonchev–Trinajstić information content (AvgIpc) is 3.03. The van der Waals surface area contributed by atoms with E-state index in [0.29, 0.717) is 16.1 Å². The molecule has 0 saturated carbocycles. The number of halogens is 2. The summed E-state index contributed by atoms with van der Waals surface area (Å²) in [5.74, 6) is 0.361. The molecule has 1 N–H and O–H groups in total. The average molecular weight is 399 g/mol. The molecule has 0 aromatic heterocycles. The Morgan fingerprint density at radius 2 is 1.85 bits per heavy atom. The first-order chi connectivity index (χ1) is 12.5.